The fourth-order valence-corrected chi connectivity index (χ4v) is 2.08. The highest BCUT2D eigenvalue weighted by Crippen LogP contribution is 2.08. The molecule has 7 heteroatoms. The van der Waals surface area contributed by atoms with Crippen LogP contribution in [0.5, 0.6) is 0 Å². The SMILES string of the molecule is BrCc1cn(Cc2nc(Cc3ccccc3)no2)nn1. The molecule has 3 rings (SSSR count). The van der Waals surface area contributed by atoms with Crippen molar-refractivity contribution >= 4 is 15.9 Å². The summed E-state index contributed by atoms with van der Waals surface area (Å²) in [6, 6.07) is 10.0. The van der Waals surface area contributed by atoms with E-state index < -0.39 is 0 Å². The molecular formula is C13H12BrN5O. The van der Waals surface area contributed by atoms with Gasteiger partial charge in [0.15, 0.2) is 5.82 Å². The Morgan fingerprint density at radius 2 is 2.05 bits per heavy atom. The van der Waals surface area contributed by atoms with Crippen molar-refractivity contribution in [3.63, 3.8) is 0 Å². The van der Waals surface area contributed by atoms with Gasteiger partial charge in [-0.15, -0.1) is 5.10 Å². The first-order valence-electron chi connectivity index (χ1n) is 6.14. The largest absolute Gasteiger partial charge is 0.337 e. The van der Waals surface area contributed by atoms with Crippen LogP contribution in [-0.4, -0.2) is 25.1 Å². The third-order valence-corrected chi connectivity index (χ3v) is 3.31. The van der Waals surface area contributed by atoms with E-state index in [1.54, 1.807) is 4.68 Å². The third-order valence-electron chi connectivity index (χ3n) is 2.74. The van der Waals surface area contributed by atoms with Crippen LogP contribution in [0.1, 0.15) is 23.0 Å². The first-order valence-corrected chi connectivity index (χ1v) is 7.26. The summed E-state index contributed by atoms with van der Waals surface area (Å²) in [5.74, 6) is 1.20. The van der Waals surface area contributed by atoms with Crippen LogP contribution in [0, 0.1) is 0 Å². The van der Waals surface area contributed by atoms with Crippen molar-refractivity contribution in [1.82, 2.24) is 25.1 Å². The van der Waals surface area contributed by atoms with Crippen molar-refractivity contribution in [3.05, 3.63) is 59.5 Å². The van der Waals surface area contributed by atoms with Gasteiger partial charge in [0.2, 0.25) is 5.89 Å². The molecule has 0 saturated heterocycles. The molecule has 0 atom stereocenters. The normalized spacial score (nSPS) is 10.8. The Labute approximate surface area is 123 Å². The Morgan fingerprint density at radius 1 is 1.20 bits per heavy atom. The van der Waals surface area contributed by atoms with Crippen LogP contribution in [0.4, 0.5) is 0 Å². The molecule has 0 saturated carbocycles. The molecule has 0 fully saturated rings. The van der Waals surface area contributed by atoms with E-state index >= 15 is 0 Å². The lowest BCUT2D eigenvalue weighted by Gasteiger charge is -1.94. The van der Waals surface area contributed by atoms with E-state index in [-0.39, 0.29) is 0 Å². The molecule has 0 bridgehead atoms. The number of nitrogens with zero attached hydrogens (tertiary/aromatic N) is 5. The molecule has 0 N–H and O–H groups in total. The van der Waals surface area contributed by atoms with Crippen LogP contribution in [0.25, 0.3) is 0 Å². The van der Waals surface area contributed by atoms with Crippen molar-refractivity contribution in [3.8, 4) is 0 Å². The monoisotopic (exact) mass is 333 g/mol. The molecule has 1 aromatic carbocycles. The predicted octanol–water partition coefficient (Wildman–Crippen LogP) is 2.20. The minimum Gasteiger partial charge on any atom is -0.337 e. The number of alkyl halides is 1. The molecule has 0 aliphatic heterocycles. The maximum absolute atomic E-state index is 5.22. The van der Waals surface area contributed by atoms with E-state index in [0.29, 0.717) is 30.0 Å². The standard InChI is InChI=1S/C13H12BrN5O/c14-7-11-8-19(18-16-11)9-13-15-12(17-20-13)6-10-4-2-1-3-5-10/h1-5,8H,6-7,9H2. The Balaban J connectivity index is 1.67. The molecule has 0 aliphatic carbocycles. The Bertz CT molecular complexity index is 679. The highest BCUT2D eigenvalue weighted by Gasteiger charge is 2.09. The van der Waals surface area contributed by atoms with Crippen LogP contribution >= 0.6 is 15.9 Å². The highest BCUT2D eigenvalue weighted by atomic mass is 79.9. The van der Waals surface area contributed by atoms with Gasteiger partial charge in [0.1, 0.15) is 6.54 Å². The van der Waals surface area contributed by atoms with Gasteiger partial charge in [0, 0.05) is 17.9 Å². The summed E-state index contributed by atoms with van der Waals surface area (Å²) in [6.07, 6.45) is 2.50. The molecule has 0 amide bonds. The molecule has 6 nitrogen and oxygen atoms in total. The van der Waals surface area contributed by atoms with Gasteiger partial charge in [-0.25, -0.2) is 4.68 Å². The lowest BCUT2D eigenvalue weighted by atomic mass is 10.1. The molecule has 102 valence electrons. The van der Waals surface area contributed by atoms with Crippen LogP contribution < -0.4 is 0 Å². The molecule has 2 aromatic heterocycles. The summed E-state index contributed by atoms with van der Waals surface area (Å²) >= 11 is 3.33. The average Bonchev–Trinajstić information content (AvgIpc) is 3.10. The van der Waals surface area contributed by atoms with Gasteiger partial charge in [-0.2, -0.15) is 4.98 Å². The molecule has 3 aromatic rings. The lowest BCUT2D eigenvalue weighted by molar-refractivity contribution is 0.360. The van der Waals surface area contributed by atoms with E-state index in [1.165, 1.54) is 0 Å². The van der Waals surface area contributed by atoms with E-state index in [9.17, 15) is 0 Å². The quantitative estimate of drug-likeness (QED) is 0.669. The summed E-state index contributed by atoms with van der Waals surface area (Å²) in [5.41, 5.74) is 2.02. The number of rotatable bonds is 5. The van der Waals surface area contributed by atoms with Crippen LogP contribution in [0.2, 0.25) is 0 Å². The average molecular weight is 334 g/mol. The van der Waals surface area contributed by atoms with Gasteiger partial charge < -0.3 is 4.52 Å². The topological polar surface area (TPSA) is 69.6 Å². The summed E-state index contributed by atoms with van der Waals surface area (Å²) in [6.45, 7) is 0.432. The van der Waals surface area contributed by atoms with Crippen LogP contribution in [-0.2, 0) is 18.3 Å². The number of halogens is 1. The van der Waals surface area contributed by atoms with Crippen molar-refractivity contribution < 1.29 is 4.52 Å². The van der Waals surface area contributed by atoms with Gasteiger partial charge in [0.05, 0.1) is 5.69 Å². The van der Waals surface area contributed by atoms with Crippen molar-refractivity contribution in [2.24, 2.45) is 0 Å². The minimum atomic E-state index is 0.432. The third kappa shape index (κ3) is 3.11. The summed E-state index contributed by atoms with van der Waals surface area (Å²) in [4.78, 5) is 4.36. The Kier molecular flexibility index (Phi) is 3.87. The molecule has 20 heavy (non-hydrogen) atoms. The molecular weight excluding hydrogens is 322 g/mol. The summed E-state index contributed by atoms with van der Waals surface area (Å²) in [7, 11) is 0. The van der Waals surface area contributed by atoms with Crippen molar-refractivity contribution in [1.29, 1.82) is 0 Å². The van der Waals surface area contributed by atoms with Gasteiger partial charge in [0.25, 0.3) is 0 Å². The van der Waals surface area contributed by atoms with E-state index in [4.69, 9.17) is 4.52 Å². The highest BCUT2D eigenvalue weighted by molar-refractivity contribution is 9.08. The number of hydrogen-bond acceptors (Lipinski definition) is 5. The maximum Gasteiger partial charge on any atom is 0.248 e. The molecule has 0 radical (unpaired) electrons. The van der Waals surface area contributed by atoms with Crippen molar-refractivity contribution in [2.45, 2.75) is 18.3 Å². The number of hydrogen-bond donors (Lipinski definition) is 0. The van der Waals surface area contributed by atoms with Gasteiger partial charge in [-0.3, -0.25) is 0 Å². The zero-order valence-corrected chi connectivity index (χ0v) is 12.2. The second kappa shape index (κ2) is 5.96. The number of benzene rings is 1. The minimum absolute atomic E-state index is 0.432. The summed E-state index contributed by atoms with van der Waals surface area (Å²) < 4.78 is 6.90. The second-order valence-electron chi connectivity index (χ2n) is 4.31. The smallest absolute Gasteiger partial charge is 0.248 e. The molecule has 2 heterocycles. The fraction of sp³-hybridized carbons (Fsp3) is 0.231. The molecule has 0 spiro atoms. The van der Waals surface area contributed by atoms with E-state index in [2.05, 4.69) is 36.4 Å². The van der Waals surface area contributed by atoms with Crippen LogP contribution in [0.15, 0.2) is 41.1 Å². The first-order chi connectivity index (χ1) is 9.83. The fourth-order valence-electron chi connectivity index (χ4n) is 1.82. The second-order valence-corrected chi connectivity index (χ2v) is 4.87. The first kappa shape index (κ1) is 13.0. The Morgan fingerprint density at radius 3 is 2.80 bits per heavy atom. The molecule has 0 unspecified atom stereocenters. The van der Waals surface area contributed by atoms with Crippen molar-refractivity contribution in [2.75, 3.05) is 0 Å². The van der Waals surface area contributed by atoms with E-state index in [0.717, 1.165) is 11.3 Å². The zero-order valence-electron chi connectivity index (χ0n) is 10.6. The van der Waals surface area contributed by atoms with Gasteiger partial charge in [-0.1, -0.05) is 56.6 Å². The van der Waals surface area contributed by atoms with E-state index in [1.807, 2.05) is 36.5 Å². The molecule has 0 aliphatic rings. The summed E-state index contributed by atoms with van der Waals surface area (Å²) in [5, 5.41) is 12.6. The van der Waals surface area contributed by atoms with Gasteiger partial charge in [-0.05, 0) is 5.56 Å². The van der Waals surface area contributed by atoms with Gasteiger partial charge >= 0.3 is 0 Å². The number of aromatic nitrogens is 5. The predicted molar refractivity (Wildman–Crippen MR) is 75.3 cm³/mol. The zero-order chi connectivity index (χ0) is 13.8. The Hall–Kier alpha value is -2.02. The maximum atomic E-state index is 5.22. The lowest BCUT2D eigenvalue weighted by Crippen LogP contribution is -2.01. The van der Waals surface area contributed by atoms with Crippen LogP contribution in [0.3, 0.4) is 0 Å².